The lowest BCUT2D eigenvalue weighted by molar-refractivity contribution is 0.467. The average Bonchev–Trinajstić information content (AvgIpc) is 2.69. The molecule has 0 atom stereocenters. The summed E-state index contributed by atoms with van der Waals surface area (Å²) in [5.74, 6) is 0.289. The lowest BCUT2D eigenvalue weighted by Gasteiger charge is -1.99. The number of hydrogen-bond donors (Lipinski definition) is 1. The van der Waals surface area contributed by atoms with Crippen molar-refractivity contribution in [2.75, 3.05) is 0 Å². The SMILES string of the molecule is CCCCc1nn(-c2ccccc2)cc1O. The van der Waals surface area contributed by atoms with Crippen molar-refractivity contribution in [2.45, 2.75) is 26.2 Å². The molecule has 3 heteroatoms. The van der Waals surface area contributed by atoms with Gasteiger partial charge in [-0.1, -0.05) is 31.5 Å². The minimum atomic E-state index is 0.289. The van der Waals surface area contributed by atoms with Crippen LogP contribution >= 0.6 is 0 Å². The molecule has 0 spiro atoms. The molecule has 0 unspecified atom stereocenters. The fourth-order valence-electron chi connectivity index (χ4n) is 1.64. The van der Waals surface area contributed by atoms with Crippen LogP contribution in [-0.4, -0.2) is 14.9 Å². The number of benzene rings is 1. The topological polar surface area (TPSA) is 38.0 Å². The first-order chi connectivity index (χ1) is 7.81. The van der Waals surface area contributed by atoms with E-state index in [1.54, 1.807) is 10.9 Å². The van der Waals surface area contributed by atoms with Gasteiger partial charge in [0, 0.05) is 0 Å². The van der Waals surface area contributed by atoms with Gasteiger partial charge in [-0.05, 0) is 25.0 Å². The molecule has 0 aliphatic rings. The van der Waals surface area contributed by atoms with E-state index in [9.17, 15) is 5.11 Å². The van der Waals surface area contributed by atoms with E-state index in [1.165, 1.54) is 0 Å². The van der Waals surface area contributed by atoms with E-state index in [-0.39, 0.29) is 5.75 Å². The number of unbranched alkanes of at least 4 members (excludes halogenated alkanes) is 1. The van der Waals surface area contributed by atoms with Crippen molar-refractivity contribution in [3.8, 4) is 11.4 Å². The van der Waals surface area contributed by atoms with Crippen LogP contribution in [0.15, 0.2) is 36.5 Å². The summed E-state index contributed by atoms with van der Waals surface area (Å²) in [6.07, 6.45) is 4.67. The molecule has 3 nitrogen and oxygen atoms in total. The zero-order valence-corrected chi connectivity index (χ0v) is 9.43. The van der Waals surface area contributed by atoms with Crippen molar-refractivity contribution < 1.29 is 5.11 Å². The molecule has 1 N–H and O–H groups in total. The van der Waals surface area contributed by atoms with E-state index in [4.69, 9.17) is 0 Å². The zero-order chi connectivity index (χ0) is 11.4. The van der Waals surface area contributed by atoms with Crippen LogP contribution in [0.5, 0.6) is 5.75 Å². The van der Waals surface area contributed by atoms with Gasteiger partial charge in [-0.2, -0.15) is 5.10 Å². The molecule has 0 fully saturated rings. The highest BCUT2D eigenvalue weighted by atomic mass is 16.3. The molecular formula is C13H16N2O. The van der Waals surface area contributed by atoms with E-state index >= 15 is 0 Å². The van der Waals surface area contributed by atoms with Gasteiger partial charge in [-0.3, -0.25) is 0 Å². The standard InChI is InChI=1S/C13H16N2O/c1-2-3-9-12-13(16)10-15(14-12)11-7-5-4-6-8-11/h4-8,10,16H,2-3,9H2,1H3. The van der Waals surface area contributed by atoms with Gasteiger partial charge in [-0.25, -0.2) is 4.68 Å². The maximum absolute atomic E-state index is 9.74. The number of aromatic nitrogens is 2. The molecule has 1 aromatic carbocycles. The largest absolute Gasteiger partial charge is 0.504 e. The Balaban J connectivity index is 2.24. The highest BCUT2D eigenvalue weighted by Gasteiger charge is 2.07. The smallest absolute Gasteiger partial charge is 0.157 e. The number of aryl methyl sites for hydroxylation is 1. The Morgan fingerprint density at radius 3 is 2.69 bits per heavy atom. The van der Waals surface area contributed by atoms with Crippen LogP contribution in [0.25, 0.3) is 5.69 Å². The van der Waals surface area contributed by atoms with Crippen LogP contribution in [-0.2, 0) is 6.42 Å². The molecule has 1 aromatic heterocycles. The second kappa shape index (κ2) is 4.84. The van der Waals surface area contributed by atoms with E-state index in [1.807, 2.05) is 30.3 Å². The molecule has 0 aliphatic carbocycles. The van der Waals surface area contributed by atoms with E-state index < -0.39 is 0 Å². The molecular weight excluding hydrogens is 200 g/mol. The molecule has 1 heterocycles. The molecule has 2 rings (SSSR count). The van der Waals surface area contributed by atoms with Gasteiger partial charge in [0.15, 0.2) is 5.75 Å². The monoisotopic (exact) mass is 216 g/mol. The summed E-state index contributed by atoms with van der Waals surface area (Å²) in [6.45, 7) is 2.13. The van der Waals surface area contributed by atoms with Crippen molar-refractivity contribution in [3.05, 3.63) is 42.2 Å². The second-order valence-electron chi connectivity index (χ2n) is 3.84. The van der Waals surface area contributed by atoms with Crippen molar-refractivity contribution in [3.63, 3.8) is 0 Å². The minimum Gasteiger partial charge on any atom is -0.504 e. The molecule has 16 heavy (non-hydrogen) atoms. The van der Waals surface area contributed by atoms with Crippen molar-refractivity contribution >= 4 is 0 Å². The van der Waals surface area contributed by atoms with Crippen LogP contribution in [0.4, 0.5) is 0 Å². The quantitative estimate of drug-likeness (QED) is 0.853. The number of nitrogens with zero attached hydrogens (tertiary/aromatic N) is 2. The fraction of sp³-hybridized carbons (Fsp3) is 0.308. The van der Waals surface area contributed by atoms with Crippen LogP contribution < -0.4 is 0 Å². The first kappa shape index (κ1) is 10.7. The third kappa shape index (κ3) is 2.24. The van der Waals surface area contributed by atoms with Gasteiger partial charge in [0.1, 0.15) is 5.69 Å². The second-order valence-corrected chi connectivity index (χ2v) is 3.84. The first-order valence-corrected chi connectivity index (χ1v) is 5.64. The maximum atomic E-state index is 9.74. The molecule has 84 valence electrons. The minimum absolute atomic E-state index is 0.289. The van der Waals surface area contributed by atoms with E-state index in [0.29, 0.717) is 0 Å². The Morgan fingerprint density at radius 2 is 2.00 bits per heavy atom. The van der Waals surface area contributed by atoms with Gasteiger partial charge in [0.25, 0.3) is 0 Å². The third-order valence-corrected chi connectivity index (χ3v) is 2.56. The lowest BCUT2D eigenvalue weighted by atomic mass is 10.2. The van der Waals surface area contributed by atoms with Crippen LogP contribution in [0.3, 0.4) is 0 Å². The molecule has 0 saturated carbocycles. The van der Waals surface area contributed by atoms with Crippen LogP contribution in [0.2, 0.25) is 0 Å². The van der Waals surface area contributed by atoms with Crippen LogP contribution in [0, 0.1) is 0 Å². The summed E-state index contributed by atoms with van der Waals surface area (Å²) in [7, 11) is 0. The van der Waals surface area contributed by atoms with Gasteiger partial charge in [-0.15, -0.1) is 0 Å². The summed E-state index contributed by atoms with van der Waals surface area (Å²) in [4.78, 5) is 0. The molecule has 0 radical (unpaired) electrons. The van der Waals surface area contributed by atoms with E-state index in [0.717, 1.165) is 30.6 Å². The summed E-state index contributed by atoms with van der Waals surface area (Å²) >= 11 is 0. The van der Waals surface area contributed by atoms with Crippen LogP contribution in [0.1, 0.15) is 25.5 Å². The number of rotatable bonds is 4. The van der Waals surface area contributed by atoms with Gasteiger partial charge in [0.2, 0.25) is 0 Å². The predicted octanol–water partition coefficient (Wildman–Crippen LogP) is 2.92. The van der Waals surface area contributed by atoms with E-state index in [2.05, 4.69) is 12.0 Å². The lowest BCUT2D eigenvalue weighted by Crippen LogP contribution is -1.95. The fourth-order valence-corrected chi connectivity index (χ4v) is 1.64. The molecule has 2 aromatic rings. The molecule has 0 amide bonds. The third-order valence-electron chi connectivity index (χ3n) is 2.56. The van der Waals surface area contributed by atoms with Crippen molar-refractivity contribution in [2.24, 2.45) is 0 Å². The Morgan fingerprint density at radius 1 is 1.25 bits per heavy atom. The highest BCUT2D eigenvalue weighted by Crippen LogP contribution is 2.19. The Bertz CT molecular complexity index is 448. The highest BCUT2D eigenvalue weighted by molar-refractivity contribution is 5.34. The number of hydrogen-bond acceptors (Lipinski definition) is 2. The Hall–Kier alpha value is -1.77. The summed E-state index contributed by atoms with van der Waals surface area (Å²) < 4.78 is 1.72. The number of para-hydroxylation sites is 1. The summed E-state index contributed by atoms with van der Waals surface area (Å²) in [5.41, 5.74) is 1.76. The predicted molar refractivity (Wildman–Crippen MR) is 63.8 cm³/mol. The van der Waals surface area contributed by atoms with Crippen molar-refractivity contribution in [1.29, 1.82) is 0 Å². The first-order valence-electron chi connectivity index (χ1n) is 5.64. The van der Waals surface area contributed by atoms with Gasteiger partial charge < -0.3 is 5.11 Å². The summed E-state index contributed by atoms with van der Waals surface area (Å²) in [6, 6.07) is 9.82. The molecule has 0 bridgehead atoms. The Kier molecular flexibility index (Phi) is 3.25. The summed E-state index contributed by atoms with van der Waals surface area (Å²) in [5, 5.41) is 14.1. The molecule has 0 aliphatic heterocycles. The van der Waals surface area contributed by atoms with Crippen molar-refractivity contribution in [1.82, 2.24) is 9.78 Å². The average molecular weight is 216 g/mol. The maximum Gasteiger partial charge on any atom is 0.157 e. The zero-order valence-electron chi connectivity index (χ0n) is 9.43. The van der Waals surface area contributed by atoms with Gasteiger partial charge >= 0.3 is 0 Å². The number of aromatic hydroxyl groups is 1. The van der Waals surface area contributed by atoms with Gasteiger partial charge in [0.05, 0.1) is 11.9 Å². The molecule has 0 saturated heterocycles. The normalized spacial score (nSPS) is 10.6. The Labute approximate surface area is 95.3 Å².